The number of nitrogens with one attached hydrogen (secondary N) is 1. The van der Waals surface area contributed by atoms with Gasteiger partial charge >= 0.3 is 0 Å². The molecule has 3 unspecified atom stereocenters. The van der Waals surface area contributed by atoms with Crippen LogP contribution >= 0.6 is 0 Å². The highest BCUT2D eigenvalue weighted by molar-refractivity contribution is 5.76. The molecule has 2 aliphatic rings. The van der Waals surface area contributed by atoms with Crippen molar-refractivity contribution in [1.82, 2.24) is 5.32 Å². The van der Waals surface area contributed by atoms with Crippen molar-refractivity contribution in [2.24, 2.45) is 23.5 Å². The number of fused-ring (bicyclic) bond motifs is 2. The molecule has 1 aliphatic carbocycles. The van der Waals surface area contributed by atoms with Gasteiger partial charge in [0.1, 0.15) is 0 Å². The molecule has 2 fully saturated rings. The van der Waals surface area contributed by atoms with E-state index in [9.17, 15) is 4.79 Å². The molecule has 3 N–H and O–H groups in total. The number of carbonyl (C=O) groups excluding carboxylic acids is 1. The first-order valence-electron chi connectivity index (χ1n) is 4.78. The van der Waals surface area contributed by atoms with Crippen LogP contribution in [0.3, 0.4) is 0 Å². The number of rotatable bonds is 1. The van der Waals surface area contributed by atoms with E-state index >= 15 is 0 Å². The van der Waals surface area contributed by atoms with Crippen LogP contribution in [0.5, 0.6) is 0 Å². The van der Waals surface area contributed by atoms with Crippen molar-refractivity contribution in [2.45, 2.75) is 19.3 Å². The van der Waals surface area contributed by atoms with E-state index in [-0.39, 0.29) is 5.91 Å². The van der Waals surface area contributed by atoms with Gasteiger partial charge in [-0.15, -0.1) is 0 Å². The standard InChI is InChI=1S/C9H16N2O/c10-4-8-6-1-2-7(8)5-11-9(12)3-6/h6-8H,1-5,10H2,(H,11,12). The predicted molar refractivity (Wildman–Crippen MR) is 46.4 cm³/mol. The second kappa shape index (κ2) is 3.05. The lowest BCUT2D eigenvalue weighted by Gasteiger charge is -2.18. The first-order chi connectivity index (χ1) is 5.81. The molecule has 1 saturated heterocycles. The fourth-order valence-corrected chi connectivity index (χ4v) is 2.69. The summed E-state index contributed by atoms with van der Waals surface area (Å²) in [5.74, 6) is 2.05. The fourth-order valence-electron chi connectivity index (χ4n) is 2.69. The van der Waals surface area contributed by atoms with Gasteiger partial charge in [0.15, 0.2) is 0 Å². The minimum Gasteiger partial charge on any atom is -0.356 e. The first-order valence-corrected chi connectivity index (χ1v) is 4.78. The van der Waals surface area contributed by atoms with Gasteiger partial charge in [-0.1, -0.05) is 0 Å². The van der Waals surface area contributed by atoms with E-state index in [1.165, 1.54) is 12.8 Å². The molecule has 1 aliphatic heterocycles. The lowest BCUT2D eigenvalue weighted by atomic mass is 9.89. The summed E-state index contributed by atoms with van der Waals surface area (Å²) in [5.41, 5.74) is 5.70. The van der Waals surface area contributed by atoms with Crippen LogP contribution in [-0.2, 0) is 4.79 Å². The number of hydrogen-bond donors (Lipinski definition) is 2. The molecular formula is C9H16N2O. The predicted octanol–water partition coefficient (Wildman–Crippen LogP) is 0.107. The van der Waals surface area contributed by atoms with Crippen LogP contribution in [0.2, 0.25) is 0 Å². The quantitative estimate of drug-likeness (QED) is 0.583. The minimum atomic E-state index is 0.223. The molecule has 2 bridgehead atoms. The second-order valence-electron chi connectivity index (χ2n) is 4.01. The maximum atomic E-state index is 11.2. The van der Waals surface area contributed by atoms with Crippen LogP contribution in [0, 0.1) is 17.8 Å². The zero-order valence-corrected chi connectivity index (χ0v) is 7.25. The lowest BCUT2D eigenvalue weighted by molar-refractivity contribution is -0.121. The van der Waals surface area contributed by atoms with Gasteiger partial charge in [0, 0.05) is 13.0 Å². The molecule has 0 aromatic carbocycles. The van der Waals surface area contributed by atoms with E-state index < -0.39 is 0 Å². The molecule has 1 amide bonds. The van der Waals surface area contributed by atoms with Crippen LogP contribution in [0.4, 0.5) is 0 Å². The van der Waals surface area contributed by atoms with Gasteiger partial charge in [0.05, 0.1) is 0 Å². The Morgan fingerprint density at radius 2 is 2.17 bits per heavy atom. The summed E-state index contributed by atoms with van der Waals surface area (Å²) in [7, 11) is 0. The Morgan fingerprint density at radius 1 is 1.42 bits per heavy atom. The number of carbonyl (C=O) groups is 1. The van der Waals surface area contributed by atoms with Crippen molar-refractivity contribution >= 4 is 5.91 Å². The van der Waals surface area contributed by atoms with Crippen molar-refractivity contribution in [3.05, 3.63) is 0 Å². The van der Waals surface area contributed by atoms with E-state index in [1.54, 1.807) is 0 Å². The SMILES string of the molecule is NCC1C2CCC1CC(=O)NC2. The van der Waals surface area contributed by atoms with Crippen LogP contribution in [0.1, 0.15) is 19.3 Å². The second-order valence-corrected chi connectivity index (χ2v) is 4.01. The Hall–Kier alpha value is -0.570. The highest BCUT2D eigenvalue weighted by Gasteiger charge is 2.38. The molecule has 2 rings (SSSR count). The molecule has 0 radical (unpaired) electrons. The van der Waals surface area contributed by atoms with E-state index in [0.717, 1.165) is 13.1 Å². The summed E-state index contributed by atoms with van der Waals surface area (Å²) in [6.07, 6.45) is 3.17. The molecule has 3 atom stereocenters. The molecule has 0 spiro atoms. The van der Waals surface area contributed by atoms with Gasteiger partial charge < -0.3 is 11.1 Å². The number of nitrogens with two attached hydrogens (primary N) is 1. The van der Waals surface area contributed by atoms with Crippen molar-refractivity contribution < 1.29 is 4.79 Å². The lowest BCUT2D eigenvalue weighted by Crippen LogP contribution is -2.28. The van der Waals surface area contributed by atoms with Crippen LogP contribution in [0.15, 0.2) is 0 Å². The molecule has 1 saturated carbocycles. The summed E-state index contributed by atoms with van der Waals surface area (Å²) in [6, 6.07) is 0. The molecule has 0 aromatic rings. The molecule has 1 heterocycles. The summed E-state index contributed by atoms with van der Waals surface area (Å²) in [4.78, 5) is 11.2. The summed E-state index contributed by atoms with van der Waals surface area (Å²) in [5, 5.41) is 2.95. The Morgan fingerprint density at radius 3 is 2.92 bits per heavy atom. The molecule has 12 heavy (non-hydrogen) atoms. The molecular weight excluding hydrogens is 152 g/mol. The number of amides is 1. The van der Waals surface area contributed by atoms with Crippen LogP contribution in [0.25, 0.3) is 0 Å². The summed E-state index contributed by atoms with van der Waals surface area (Å²) in [6.45, 7) is 1.61. The summed E-state index contributed by atoms with van der Waals surface area (Å²) < 4.78 is 0. The topological polar surface area (TPSA) is 55.1 Å². The van der Waals surface area contributed by atoms with E-state index in [0.29, 0.717) is 24.2 Å². The van der Waals surface area contributed by atoms with Gasteiger partial charge in [-0.05, 0) is 37.1 Å². The smallest absolute Gasteiger partial charge is 0.220 e. The van der Waals surface area contributed by atoms with Crippen molar-refractivity contribution in [3.63, 3.8) is 0 Å². The maximum Gasteiger partial charge on any atom is 0.220 e. The average molecular weight is 168 g/mol. The Kier molecular flexibility index (Phi) is 2.05. The monoisotopic (exact) mass is 168 g/mol. The molecule has 3 nitrogen and oxygen atoms in total. The minimum absolute atomic E-state index is 0.223. The first kappa shape index (κ1) is 8.05. The van der Waals surface area contributed by atoms with Gasteiger partial charge in [-0.2, -0.15) is 0 Å². The van der Waals surface area contributed by atoms with Gasteiger partial charge in [0.2, 0.25) is 5.91 Å². The van der Waals surface area contributed by atoms with E-state index in [4.69, 9.17) is 5.73 Å². The largest absolute Gasteiger partial charge is 0.356 e. The van der Waals surface area contributed by atoms with Gasteiger partial charge in [-0.25, -0.2) is 0 Å². The van der Waals surface area contributed by atoms with Crippen LogP contribution in [-0.4, -0.2) is 19.0 Å². The summed E-state index contributed by atoms with van der Waals surface area (Å²) >= 11 is 0. The normalized spacial score (nSPS) is 40.8. The van der Waals surface area contributed by atoms with Crippen molar-refractivity contribution in [3.8, 4) is 0 Å². The van der Waals surface area contributed by atoms with Gasteiger partial charge in [-0.3, -0.25) is 4.79 Å². The fraction of sp³-hybridized carbons (Fsp3) is 0.889. The number of hydrogen-bond acceptors (Lipinski definition) is 2. The highest BCUT2D eigenvalue weighted by Crippen LogP contribution is 2.39. The maximum absolute atomic E-state index is 11.2. The van der Waals surface area contributed by atoms with E-state index in [1.807, 2.05) is 0 Å². The Balaban J connectivity index is 2.11. The average Bonchev–Trinajstić information content (AvgIpc) is 2.34. The molecule has 3 heteroatoms. The third-order valence-electron chi connectivity index (χ3n) is 3.40. The van der Waals surface area contributed by atoms with E-state index in [2.05, 4.69) is 5.32 Å². The Labute approximate surface area is 72.7 Å². The van der Waals surface area contributed by atoms with Crippen molar-refractivity contribution in [1.29, 1.82) is 0 Å². The van der Waals surface area contributed by atoms with Gasteiger partial charge in [0.25, 0.3) is 0 Å². The van der Waals surface area contributed by atoms with Crippen LogP contribution < -0.4 is 11.1 Å². The molecule has 0 aromatic heterocycles. The zero-order valence-electron chi connectivity index (χ0n) is 7.25. The third kappa shape index (κ3) is 1.22. The van der Waals surface area contributed by atoms with Crippen molar-refractivity contribution in [2.75, 3.05) is 13.1 Å². The third-order valence-corrected chi connectivity index (χ3v) is 3.40. The molecule has 68 valence electrons. The Bertz CT molecular complexity index is 193. The zero-order chi connectivity index (χ0) is 8.55. The highest BCUT2D eigenvalue weighted by atomic mass is 16.1.